The Morgan fingerprint density at radius 1 is 0.719 bits per heavy atom. The molecule has 2 rings (SSSR count). The van der Waals surface area contributed by atoms with Crippen molar-refractivity contribution in [2.75, 3.05) is 27.2 Å². The van der Waals surface area contributed by atoms with Crippen LogP contribution in [0.3, 0.4) is 0 Å². The third kappa shape index (κ3) is 5.68. The summed E-state index contributed by atoms with van der Waals surface area (Å²) in [7, 11) is 2.95. The molecule has 0 unspecified atom stereocenters. The number of hydrogen-bond donors (Lipinski definition) is 0. The molecular formula is C22H32N6O4. The summed E-state index contributed by atoms with van der Waals surface area (Å²) in [5.41, 5.74) is -0.224. The lowest BCUT2D eigenvalue weighted by Crippen LogP contribution is -2.41. The van der Waals surface area contributed by atoms with Crippen LogP contribution in [0.15, 0.2) is 24.8 Å². The Morgan fingerprint density at radius 2 is 1.03 bits per heavy atom. The minimum absolute atomic E-state index is 0.0920. The van der Waals surface area contributed by atoms with Crippen molar-refractivity contribution in [2.24, 2.45) is 0 Å². The van der Waals surface area contributed by atoms with E-state index in [1.54, 1.807) is 21.8 Å². The van der Waals surface area contributed by atoms with Gasteiger partial charge in [0.05, 0.1) is 34.6 Å². The number of hydrogen-bond acceptors (Lipinski definition) is 6. The zero-order chi connectivity index (χ0) is 24.4. The number of carbonyl (C=O) groups excluding carboxylic acids is 4. The van der Waals surface area contributed by atoms with E-state index in [1.165, 1.54) is 36.3 Å². The first-order valence-corrected chi connectivity index (χ1v) is 10.3. The Balaban J connectivity index is 1.95. The summed E-state index contributed by atoms with van der Waals surface area (Å²) in [5, 5.41) is 8.28. The summed E-state index contributed by atoms with van der Waals surface area (Å²) in [5.74, 6) is -2.78. The molecule has 10 nitrogen and oxygen atoms in total. The Hall–Kier alpha value is -3.30. The van der Waals surface area contributed by atoms with Crippen LogP contribution < -0.4 is 0 Å². The second-order valence-corrected chi connectivity index (χ2v) is 9.80. The minimum atomic E-state index is -0.711. The van der Waals surface area contributed by atoms with Crippen LogP contribution in [0, 0.1) is 0 Å². The fourth-order valence-corrected chi connectivity index (χ4v) is 2.71. The van der Waals surface area contributed by atoms with Gasteiger partial charge in [-0.25, -0.2) is 0 Å². The van der Waals surface area contributed by atoms with Gasteiger partial charge in [-0.3, -0.25) is 28.5 Å². The fraction of sp³-hybridized carbons (Fsp3) is 0.545. The van der Waals surface area contributed by atoms with Crippen molar-refractivity contribution in [3.8, 4) is 0 Å². The van der Waals surface area contributed by atoms with Gasteiger partial charge in [0, 0.05) is 39.6 Å². The summed E-state index contributed by atoms with van der Waals surface area (Å²) in [6, 6.07) is 0. The molecule has 2 aromatic rings. The maximum Gasteiger partial charge on any atom is 0.294 e. The molecule has 0 aliphatic heterocycles. The molecule has 174 valence electrons. The average molecular weight is 445 g/mol. The monoisotopic (exact) mass is 444 g/mol. The van der Waals surface area contributed by atoms with Crippen molar-refractivity contribution >= 4 is 23.4 Å². The van der Waals surface area contributed by atoms with Gasteiger partial charge in [-0.2, -0.15) is 10.2 Å². The molecule has 0 atom stereocenters. The number of carbonyl (C=O) groups is 4. The van der Waals surface area contributed by atoms with Crippen molar-refractivity contribution in [1.29, 1.82) is 0 Å². The molecule has 0 aliphatic rings. The zero-order valence-electron chi connectivity index (χ0n) is 20.0. The van der Waals surface area contributed by atoms with E-state index in [4.69, 9.17) is 0 Å². The van der Waals surface area contributed by atoms with Crippen molar-refractivity contribution in [3.05, 3.63) is 35.9 Å². The van der Waals surface area contributed by atoms with Gasteiger partial charge in [0.1, 0.15) is 0 Å². The highest BCUT2D eigenvalue weighted by Crippen LogP contribution is 2.15. The summed E-state index contributed by atoms with van der Waals surface area (Å²) >= 11 is 0. The molecule has 32 heavy (non-hydrogen) atoms. The molecule has 0 saturated heterocycles. The molecule has 0 saturated carbocycles. The lowest BCUT2D eigenvalue weighted by molar-refractivity contribution is -0.128. The maximum absolute atomic E-state index is 12.5. The van der Waals surface area contributed by atoms with Crippen LogP contribution in [0.5, 0.6) is 0 Å². The van der Waals surface area contributed by atoms with E-state index in [-0.39, 0.29) is 35.3 Å². The Morgan fingerprint density at radius 3 is 1.28 bits per heavy atom. The Kier molecular flexibility index (Phi) is 7.06. The molecule has 0 bridgehead atoms. The van der Waals surface area contributed by atoms with Gasteiger partial charge in [0.25, 0.3) is 23.4 Å². The molecule has 2 amide bonds. The molecule has 0 radical (unpaired) electrons. The number of nitrogens with zero attached hydrogens (tertiary/aromatic N) is 6. The van der Waals surface area contributed by atoms with Crippen molar-refractivity contribution in [2.45, 2.75) is 52.6 Å². The van der Waals surface area contributed by atoms with E-state index >= 15 is 0 Å². The van der Waals surface area contributed by atoms with Crippen LogP contribution in [0.25, 0.3) is 0 Å². The van der Waals surface area contributed by atoms with Crippen LogP contribution >= 0.6 is 0 Å². The highest BCUT2D eigenvalue weighted by atomic mass is 16.2. The first-order chi connectivity index (χ1) is 14.6. The number of Topliss-reactive ketones (excluding diaryl/α,β-unsaturated/α-hetero) is 2. The number of likely N-dealkylation sites (N-methyl/N-ethyl adjacent to an activating group) is 2. The van der Waals surface area contributed by atoms with Crippen LogP contribution in [0.4, 0.5) is 0 Å². The average Bonchev–Trinajstić information content (AvgIpc) is 3.38. The summed E-state index contributed by atoms with van der Waals surface area (Å²) in [4.78, 5) is 52.4. The quantitative estimate of drug-likeness (QED) is 0.474. The molecular weight excluding hydrogens is 412 g/mol. The fourth-order valence-electron chi connectivity index (χ4n) is 2.71. The van der Waals surface area contributed by atoms with Gasteiger partial charge in [-0.15, -0.1) is 0 Å². The predicted molar refractivity (Wildman–Crippen MR) is 118 cm³/mol. The maximum atomic E-state index is 12.5. The van der Waals surface area contributed by atoms with E-state index in [0.29, 0.717) is 0 Å². The minimum Gasteiger partial charge on any atom is -0.337 e. The third-order valence-electron chi connectivity index (χ3n) is 4.92. The van der Waals surface area contributed by atoms with Gasteiger partial charge in [0.2, 0.25) is 0 Å². The molecule has 0 fully saturated rings. The first-order valence-electron chi connectivity index (χ1n) is 10.3. The molecule has 0 spiro atoms. The molecule has 0 aromatic carbocycles. The topological polar surface area (TPSA) is 110 Å². The highest BCUT2D eigenvalue weighted by molar-refractivity contribution is 6.43. The first kappa shape index (κ1) is 25.0. The smallest absolute Gasteiger partial charge is 0.294 e. The van der Waals surface area contributed by atoms with E-state index in [9.17, 15) is 19.2 Å². The van der Waals surface area contributed by atoms with Gasteiger partial charge >= 0.3 is 0 Å². The van der Waals surface area contributed by atoms with E-state index in [1.807, 2.05) is 41.5 Å². The number of ketones is 2. The largest absolute Gasteiger partial charge is 0.337 e. The van der Waals surface area contributed by atoms with Gasteiger partial charge in [-0.05, 0) is 41.5 Å². The van der Waals surface area contributed by atoms with Crippen LogP contribution in [-0.4, -0.2) is 79.9 Å². The number of aromatic nitrogens is 4. The van der Waals surface area contributed by atoms with Crippen LogP contribution in [0.2, 0.25) is 0 Å². The lowest BCUT2D eigenvalue weighted by atomic mass is 10.1. The van der Waals surface area contributed by atoms with Gasteiger partial charge in [-0.1, -0.05) is 0 Å². The van der Waals surface area contributed by atoms with Crippen molar-refractivity contribution in [3.63, 3.8) is 0 Å². The summed E-state index contributed by atoms with van der Waals surface area (Å²) in [6.07, 6.45) is 5.82. The summed E-state index contributed by atoms with van der Waals surface area (Å²) in [6.45, 7) is 11.8. The molecule has 2 heterocycles. The molecule has 0 N–H and O–H groups in total. The second-order valence-electron chi connectivity index (χ2n) is 9.80. The summed E-state index contributed by atoms with van der Waals surface area (Å²) < 4.78 is 3.24. The van der Waals surface area contributed by atoms with Gasteiger partial charge < -0.3 is 9.80 Å². The normalized spacial score (nSPS) is 11.9. The highest BCUT2D eigenvalue weighted by Gasteiger charge is 2.27. The predicted octanol–water partition coefficient (Wildman–Crippen LogP) is 1.57. The van der Waals surface area contributed by atoms with Crippen molar-refractivity contribution in [1.82, 2.24) is 29.4 Å². The lowest BCUT2D eigenvalue weighted by Gasteiger charge is -2.21. The number of rotatable bonds is 7. The number of amides is 2. The van der Waals surface area contributed by atoms with Crippen LogP contribution in [-0.2, 0) is 20.7 Å². The van der Waals surface area contributed by atoms with Gasteiger partial charge in [0.15, 0.2) is 0 Å². The second kappa shape index (κ2) is 9.05. The third-order valence-corrected chi connectivity index (χ3v) is 4.92. The standard InChI is InChI=1S/C22H32N6O4/c1-21(2,3)27-13-15(11-23-27)17(29)19(31)25(7)9-10-26(8)20(32)18(30)16-12-24-28(14-16)22(4,5)6/h11-14H,9-10H2,1-8H3. The molecule has 0 aliphatic carbocycles. The van der Waals surface area contributed by atoms with E-state index < -0.39 is 23.4 Å². The Bertz CT molecular complexity index is 940. The van der Waals surface area contributed by atoms with E-state index in [2.05, 4.69) is 10.2 Å². The molecule has 10 heteroatoms. The van der Waals surface area contributed by atoms with Crippen LogP contribution in [0.1, 0.15) is 62.3 Å². The van der Waals surface area contributed by atoms with E-state index in [0.717, 1.165) is 0 Å². The Labute approximate surface area is 188 Å². The SMILES string of the molecule is CN(CCN(C)C(=O)C(=O)c1cnn(C(C)(C)C)c1)C(=O)C(=O)c1cnn(C(C)(C)C)c1. The zero-order valence-corrected chi connectivity index (χ0v) is 20.0. The molecule has 2 aromatic heterocycles. The van der Waals surface area contributed by atoms with Crippen molar-refractivity contribution < 1.29 is 19.2 Å².